The fraction of sp³-hybridized carbons (Fsp3) is 0.222. The van der Waals surface area contributed by atoms with Crippen molar-refractivity contribution >= 4 is 15.9 Å². The van der Waals surface area contributed by atoms with Crippen LogP contribution in [-0.2, 0) is 0 Å². The molecule has 0 spiro atoms. The molecule has 0 bridgehead atoms. The summed E-state index contributed by atoms with van der Waals surface area (Å²) in [4.78, 5) is 12.6. The number of hydrogen-bond donors (Lipinski definition) is 0. The molecule has 2 aromatic rings. The first-order chi connectivity index (χ1) is 6.66. The van der Waals surface area contributed by atoms with Gasteiger partial charge >= 0.3 is 0 Å². The second kappa shape index (κ2) is 3.49. The highest BCUT2D eigenvalue weighted by molar-refractivity contribution is 9.10. The minimum Gasteiger partial charge on any atom is -0.288 e. The number of imidazole rings is 1. The van der Waals surface area contributed by atoms with E-state index in [1.807, 2.05) is 30.7 Å². The molecule has 2 heterocycles. The van der Waals surface area contributed by atoms with Crippen molar-refractivity contribution in [1.82, 2.24) is 19.5 Å². The quantitative estimate of drug-likeness (QED) is 0.730. The normalized spacial score (nSPS) is 10.5. The smallest absolute Gasteiger partial charge is 0.198 e. The Kier molecular flexibility index (Phi) is 2.33. The van der Waals surface area contributed by atoms with Crippen molar-refractivity contribution in [2.75, 3.05) is 0 Å². The Labute approximate surface area is 90.2 Å². The summed E-state index contributed by atoms with van der Waals surface area (Å²) in [6, 6.07) is 1.92. The third-order valence-electron chi connectivity index (χ3n) is 1.89. The van der Waals surface area contributed by atoms with Crippen LogP contribution < -0.4 is 0 Å². The average molecular weight is 253 g/mol. The molecule has 0 aliphatic carbocycles. The maximum atomic E-state index is 4.27. The van der Waals surface area contributed by atoms with Gasteiger partial charge in [-0.15, -0.1) is 0 Å². The second-order valence-corrected chi connectivity index (χ2v) is 3.69. The van der Waals surface area contributed by atoms with Gasteiger partial charge < -0.3 is 0 Å². The second-order valence-electron chi connectivity index (χ2n) is 2.98. The van der Waals surface area contributed by atoms with Gasteiger partial charge in [-0.05, 0) is 29.8 Å². The molecule has 0 atom stereocenters. The van der Waals surface area contributed by atoms with E-state index in [1.54, 1.807) is 6.20 Å². The van der Waals surface area contributed by atoms with Gasteiger partial charge in [-0.2, -0.15) is 0 Å². The van der Waals surface area contributed by atoms with Crippen LogP contribution in [0.5, 0.6) is 0 Å². The average Bonchev–Trinajstić information content (AvgIpc) is 2.49. The molecule has 0 saturated carbocycles. The van der Waals surface area contributed by atoms with Crippen LogP contribution in [0, 0.1) is 13.8 Å². The van der Waals surface area contributed by atoms with Crippen LogP contribution in [0.2, 0.25) is 0 Å². The minimum absolute atomic E-state index is 0.598. The van der Waals surface area contributed by atoms with Crippen LogP contribution in [0.1, 0.15) is 11.5 Å². The summed E-state index contributed by atoms with van der Waals surface area (Å²) >= 11 is 3.27. The predicted octanol–water partition coefficient (Wildman–Crippen LogP) is 2.04. The summed E-state index contributed by atoms with van der Waals surface area (Å²) in [5.41, 5.74) is 0.926. The van der Waals surface area contributed by atoms with Crippen molar-refractivity contribution in [2.45, 2.75) is 13.8 Å². The number of hydrogen-bond acceptors (Lipinski definition) is 3. The molecule has 0 fully saturated rings. The van der Waals surface area contributed by atoms with E-state index in [0.717, 1.165) is 17.3 Å². The molecule has 0 N–H and O–H groups in total. The molecule has 0 aliphatic heterocycles. The van der Waals surface area contributed by atoms with Gasteiger partial charge in [0, 0.05) is 24.2 Å². The Morgan fingerprint density at radius 3 is 2.64 bits per heavy atom. The summed E-state index contributed by atoms with van der Waals surface area (Å²) in [6.07, 6.45) is 3.63. The number of aromatic nitrogens is 4. The predicted molar refractivity (Wildman–Crippen MR) is 56.3 cm³/mol. The van der Waals surface area contributed by atoms with E-state index in [4.69, 9.17) is 0 Å². The van der Waals surface area contributed by atoms with Gasteiger partial charge in [0.15, 0.2) is 4.73 Å². The fourth-order valence-corrected chi connectivity index (χ4v) is 1.72. The Morgan fingerprint density at radius 2 is 2.07 bits per heavy atom. The van der Waals surface area contributed by atoms with Gasteiger partial charge in [0.05, 0.1) is 0 Å². The first kappa shape index (κ1) is 9.33. The van der Waals surface area contributed by atoms with Crippen LogP contribution >= 0.6 is 15.9 Å². The summed E-state index contributed by atoms with van der Waals surface area (Å²) in [5, 5.41) is 0. The molecule has 72 valence electrons. The van der Waals surface area contributed by atoms with Crippen molar-refractivity contribution in [1.29, 1.82) is 0 Å². The molecule has 0 radical (unpaired) electrons. The maximum Gasteiger partial charge on any atom is 0.198 e. The lowest BCUT2D eigenvalue weighted by Crippen LogP contribution is -2.01. The van der Waals surface area contributed by atoms with Crippen LogP contribution in [0.15, 0.2) is 23.2 Å². The zero-order chi connectivity index (χ0) is 10.1. The Hall–Kier alpha value is -1.23. The number of rotatable bonds is 1. The third kappa shape index (κ3) is 1.68. The van der Waals surface area contributed by atoms with Crippen LogP contribution in [0.4, 0.5) is 0 Å². The molecule has 4 nitrogen and oxygen atoms in total. The summed E-state index contributed by atoms with van der Waals surface area (Å²) in [6.45, 7) is 3.87. The maximum absolute atomic E-state index is 4.27. The molecule has 0 aromatic carbocycles. The lowest BCUT2D eigenvalue weighted by Gasteiger charge is -2.04. The van der Waals surface area contributed by atoms with E-state index in [2.05, 4.69) is 30.9 Å². The zero-order valence-corrected chi connectivity index (χ0v) is 9.48. The highest BCUT2D eigenvalue weighted by Crippen LogP contribution is 2.11. The molecule has 5 heteroatoms. The van der Waals surface area contributed by atoms with Crippen LogP contribution in [-0.4, -0.2) is 19.5 Å². The molecular formula is C9H9BrN4. The van der Waals surface area contributed by atoms with E-state index in [9.17, 15) is 0 Å². The SMILES string of the molecule is Cc1cc(-n2ccnc2C)nc(Br)n1. The Bertz CT molecular complexity index is 443. The monoisotopic (exact) mass is 252 g/mol. The first-order valence-electron chi connectivity index (χ1n) is 4.18. The van der Waals surface area contributed by atoms with E-state index in [1.165, 1.54) is 0 Å². The molecule has 14 heavy (non-hydrogen) atoms. The van der Waals surface area contributed by atoms with E-state index in [-0.39, 0.29) is 0 Å². The largest absolute Gasteiger partial charge is 0.288 e. The summed E-state index contributed by atoms with van der Waals surface area (Å²) in [7, 11) is 0. The van der Waals surface area contributed by atoms with Crippen molar-refractivity contribution in [3.8, 4) is 5.82 Å². The Balaban J connectivity index is 2.57. The van der Waals surface area contributed by atoms with Gasteiger partial charge in [-0.1, -0.05) is 0 Å². The van der Waals surface area contributed by atoms with Gasteiger partial charge in [-0.25, -0.2) is 15.0 Å². The van der Waals surface area contributed by atoms with E-state index < -0.39 is 0 Å². The van der Waals surface area contributed by atoms with Gasteiger partial charge in [0.2, 0.25) is 0 Å². The molecule has 2 aromatic heterocycles. The van der Waals surface area contributed by atoms with Gasteiger partial charge in [0.1, 0.15) is 11.6 Å². The molecular weight excluding hydrogens is 244 g/mol. The zero-order valence-electron chi connectivity index (χ0n) is 7.90. The van der Waals surface area contributed by atoms with Crippen molar-refractivity contribution < 1.29 is 0 Å². The lowest BCUT2D eigenvalue weighted by molar-refractivity contribution is 0.899. The summed E-state index contributed by atoms with van der Waals surface area (Å²) < 4.78 is 2.51. The molecule has 0 amide bonds. The fourth-order valence-electron chi connectivity index (χ4n) is 1.26. The van der Waals surface area contributed by atoms with Crippen LogP contribution in [0.3, 0.4) is 0 Å². The highest BCUT2D eigenvalue weighted by Gasteiger charge is 2.03. The topological polar surface area (TPSA) is 43.6 Å². The van der Waals surface area contributed by atoms with Crippen molar-refractivity contribution in [2.24, 2.45) is 0 Å². The van der Waals surface area contributed by atoms with Crippen molar-refractivity contribution in [3.05, 3.63) is 34.7 Å². The number of halogens is 1. The van der Waals surface area contributed by atoms with Crippen LogP contribution in [0.25, 0.3) is 5.82 Å². The lowest BCUT2D eigenvalue weighted by atomic mass is 10.4. The standard InChI is InChI=1S/C9H9BrN4/c1-6-5-8(13-9(10)12-6)14-4-3-11-7(14)2/h3-5H,1-2H3. The van der Waals surface area contributed by atoms with E-state index in [0.29, 0.717) is 4.73 Å². The van der Waals surface area contributed by atoms with E-state index >= 15 is 0 Å². The minimum atomic E-state index is 0.598. The highest BCUT2D eigenvalue weighted by atomic mass is 79.9. The number of aryl methyl sites for hydroxylation is 2. The molecule has 0 aliphatic rings. The third-order valence-corrected chi connectivity index (χ3v) is 2.24. The van der Waals surface area contributed by atoms with Crippen molar-refractivity contribution in [3.63, 3.8) is 0 Å². The first-order valence-corrected chi connectivity index (χ1v) is 4.97. The Morgan fingerprint density at radius 1 is 1.29 bits per heavy atom. The molecule has 2 rings (SSSR count). The summed E-state index contributed by atoms with van der Waals surface area (Å²) in [5.74, 6) is 1.74. The molecule has 0 unspecified atom stereocenters. The van der Waals surface area contributed by atoms with Gasteiger partial charge in [-0.3, -0.25) is 4.57 Å². The molecule has 0 saturated heterocycles. The number of nitrogens with zero attached hydrogens (tertiary/aromatic N) is 4. The van der Waals surface area contributed by atoms with Gasteiger partial charge in [0.25, 0.3) is 0 Å².